The number of nitrogens with one attached hydrogen (secondary N) is 6. The molecule has 1 aliphatic heterocycles. The minimum Gasteiger partial charge on any atom is -0.508 e. The summed E-state index contributed by atoms with van der Waals surface area (Å²) in [6.45, 7) is -0.218. The van der Waals surface area contributed by atoms with Crippen molar-refractivity contribution in [3.8, 4) is 11.5 Å². The highest BCUT2D eigenvalue weighted by Gasteiger charge is 2.40. The first-order valence-corrected chi connectivity index (χ1v) is 19.4. The number of phenols is 2. The van der Waals surface area contributed by atoms with Gasteiger partial charge in [-0.1, -0.05) is 38.1 Å². The number of aliphatic carboxylic acids is 1. The number of nitrogens with zero attached hydrogens (tertiary/aromatic N) is 1. The highest BCUT2D eigenvalue weighted by molar-refractivity contribution is 5.98. The standard InChI is InChI=1S/C39H54N8O14/c1-20(2)32(46-35(56)29(19-50)45-34(55)28(18-49)44-33(54)27(17-48)41-31(53)16-40)37(58)42-25(14-21-5-9-23(51)10-6-21)38(59)47-13-3-4-30(47)36(57)43-26(39(60)61)15-22-7-11-24(52)12-8-22/h5-12,20,25-30,32,48-52H,3-4,13-19,40H2,1-2H3,(H,41,53)(H,42,58)(H,43,57)(H,44,54)(H,45,55)(H,46,56)(H,60,61)/t25-,26-,27-,28-,29-,30-,32-/m0/s1. The molecule has 14 N–H and O–H groups in total. The first kappa shape index (κ1) is 49.0. The van der Waals surface area contributed by atoms with Crippen LogP contribution < -0.4 is 37.6 Å². The van der Waals surface area contributed by atoms with Crippen molar-refractivity contribution in [1.29, 1.82) is 0 Å². The molecule has 0 bridgehead atoms. The van der Waals surface area contributed by atoms with Gasteiger partial charge in [0.05, 0.1) is 26.4 Å². The molecule has 0 aliphatic carbocycles. The predicted octanol–water partition coefficient (Wildman–Crippen LogP) is -4.54. The maximum atomic E-state index is 14.3. The number of carbonyl (C=O) groups excluding carboxylic acids is 7. The van der Waals surface area contributed by atoms with Gasteiger partial charge in [-0.15, -0.1) is 0 Å². The van der Waals surface area contributed by atoms with E-state index in [2.05, 4.69) is 31.9 Å². The third kappa shape index (κ3) is 14.4. The maximum absolute atomic E-state index is 14.3. The van der Waals surface area contributed by atoms with Crippen molar-refractivity contribution in [3.63, 3.8) is 0 Å². The van der Waals surface area contributed by atoms with E-state index in [1.165, 1.54) is 53.4 Å². The topological polar surface area (TPSA) is 359 Å². The molecule has 0 aromatic heterocycles. The van der Waals surface area contributed by atoms with Crippen LogP contribution in [0.2, 0.25) is 0 Å². The van der Waals surface area contributed by atoms with E-state index >= 15 is 0 Å². The van der Waals surface area contributed by atoms with E-state index in [9.17, 15) is 69.0 Å². The van der Waals surface area contributed by atoms with Crippen LogP contribution in [0.4, 0.5) is 0 Å². The van der Waals surface area contributed by atoms with Crippen LogP contribution in [0.5, 0.6) is 11.5 Å². The second kappa shape index (κ2) is 23.4. The second-order valence-corrected chi connectivity index (χ2v) is 14.6. The average Bonchev–Trinajstić information content (AvgIpc) is 3.73. The highest BCUT2D eigenvalue weighted by atomic mass is 16.4. The molecule has 0 spiro atoms. The molecule has 3 rings (SSSR count). The van der Waals surface area contributed by atoms with Crippen LogP contribution >= 0.6 is 0 Å². The van der Waals surface area contributed by atoms with Crippen molar-refractivity contribution in [2.45, 2.75) is 81.8 Å². The van der Waals surface area contributed by atoms with Gasteiger partial charge in [-0.3, -0.25) is 33.6 Å². The largest absolute Gasteiger partial charge is 0.508 e. The lowest BCUT2D eigenvalue weighted by Gasteiger charge is -2.31. The third-order valence-corrected chi connectivity index (χ3v) is 9.72. The molecule has 334 valence electrons. The number of nitrogens with two attached hydrogens (primary N) is 1. The molecule has 22 heteroatoms. The van der Waals surface area contributed by atoms with Crippen molar-refractivity contribution >= 4 is 47.3 Å². The summed E-state index contributed by atoms with van der Waals surface area (Å²) in [7, 11) is 0. The van der Waals surface area contributed by atoms with Gasteiger partial charge < -0.3 is 73.2 Å². The fourth-order valence-electron chi connectivity index (χ4n) is 6.34. The first-order valence-electron chi connectivity index (χ1n) is 19.4. The zero-order chi connectivity index (χ0) is 45.4. The van der Waals surface area contributed by atoms with Crippen LogP contribution in [0, 0.1) is 5.92 Å². The van der Waals surface area contributed by atoms with Gasteiger partial charge in [0.1, 0.15) is 53.8 Å². The van der Waals surface area contributed by atoms with Crippen LogP contribution in [0.25, 0.3) is 0 Å². The number of aliphatic hydroxyl groups excluding tert-OH is 3. The number of aromatic hydroxyl groups is 2. The molecule has 2 aromatic rings. The number of carbonyl (C=O) groups is 8. The van der Waals surface area contributed by atoms with E-state index in [4.69, 9.17) is 5.73 Å². The minimum atomic E-state index is -1.74. The molecule has 0 unspecified atom stereocenters. The van der Waals surface area contributed by atoms with E-state index in [0.717, 1.165) is 0 Å². The van der Waals surface area contributed by atoms with Gasteiger partial charge in [-0.2, -0.15) is 0 Å². The summed E-state index contributed by atoms with van der Waals surface area (Å²) < 4.78 is 0. The van der Waals surface area contributed by atoms with Crippen molar-refractivity contribution in [2.75, 3.05) is 32.9 Å². The Morgan fingerprint density at radius 3 is 1.52 bits per heavy atom. The molecule has 0 radical (unpaired) electrons. The fourth-order valence-corrected chi connectivity index (χ4v) is 6.34. The Hall–Kier alpha value is -6.36. The number of likely N-dealkylation sites (tertiary alicyclic amines) is 1. The van der Waals surface area contributed by atoms with Crippen molar-refractivity contribution < 1.29 is 69.0 Å². The smallest absolute Gasteiger partial charge is 0.326 e. The van der Waals surface area contributed by atoms with E-state index in [1.54, 1.807) is 13.8 Å². The molecule has 2 aromatic carbocycles. The van der Waals surface area contributed by atoms with Crippen molar-refractivity contribution in [1.82, 2.24) is 36.8 Å². The molecule has 7 atom stereocenters. The van der Waals surface area contributed by atoms with Crippen LogP contribution in [0.3, 0.4) is 0 Å². The van der Waals surface area contributed by atoms with Gasteiger partial charge in [0.2, 0.25) is 41.4 Å². The number of amides is 7. The Bertz CT molecular complexity index is 1860. The molecule has 22 nitrogen and oxygen atoms in total. The lowest BCUT2D eigenvalue weighted by molar-refractivity contribution is -0.145. The van der Waals surface area contributed by atoms with E-state index < -0.39 is 122 Å². The molecule has 1 fully saturated rings. The normalized spacial score (nSPS) is 16.5. The molecule has 7 amide bonds. The molecule has 0 saturated carbocycles. The minimum absolute atomic E-state index is 0.0295. The first-order chi connectivity index (χ1) is 28.9. The van der Waals surface area contributed by atoms with Crippen LogP contribution in [0.1, 0.15) is 37.8 Å². The number of carboxylic acid groups (broad SMARTS) is 1. The van der Waals surface area contributed by atoms with Crippen molar-refractivity contribution in [3.05, 3.63) is 59.7 Å². The molecular weight excluding hydrogens is 804 g/mol. The second-order valence-electron chi connectivity index (χ2n) is 14.6. The summed E-state index contributed by atoms with van der Waals surface area (Å²) in [5.74, 6) is -8.53. The van der Waals surface area contributed by atoms with Crippen molar-refractivity contribution in [2.24, 2.45) is 11.7 Å². The van der Waals surface area contributed by atoms with Gasteiger partial charge in [0.25, 0.3) is 0 Å². The molecule has 1 saturated heterocycles. The van der Waals surface area contributed by atoms with E-state index in [0.29, 0.717) is 17.5 Å². The van der Waals surface area contributed by atoms with E-state index in [-0.39, 0.29) is 37.3 Å². The summed E-state index contributed by atoms with van der Waals surface area (Å²) in [5.41, 5.74) is 6.21. The monoisotopic (exact) mass is 858 g/mol. The number of aliphatic hydroxyl groups is 3. The Morgan fingerprint density at radius 2 is 1.08 bits per heavy atom. The summed E-state index contributed by atoms with van der Waals surface area (Å²) in [6, 6.07) is 1.25. The zero-order valence-electron chi connectivity index (χ0n) is 33.6. The fraction of sp³-hybridized carbons (Fsp3) is 0.487. The number of phenolic OH excluding ortho intramolecular Hbond substituents is 2. The van der Waals surface area contributed by atoms with E-state index in [1.807, 2.05) is 0 Å². The Kier molecular flexibility index (Phi) is 18.8. The molecular formula is C39H54N8O14. The average molecular weight is 859 g/mol. The quantitative estimate of drug-likeness (QED) is 0.0531. The summed E-state index contributed by atoms with van der Waals surface area (Å²) >= 11 is 0. The number of carboxylic acids is 1. The van der Waals surface area contributed by atoms with Crippen LogP contribution in [0.15, 0.2) is 48.5 Å². The lowest BCUT2D eigenvalue weighted by Crippen LogP contribution is -2.62. The maximum Gasteiger partial charge on any atom is 0.326 e. The van der Waals surface area contributed by atoms with Gasteiger partial charge in [-0.25, -0.2) is 4.79 Å². The van der Waals surface area contributed by atoms with Gasteiger partial charge >= 0.3 is 5.97 Å². The van der Waals surface area contributed by atoms with Gasteiger partial charge in [0.15, 0.2) is 0 Å². The highest BCUT2D eigenvalue weighted by Crippen LogP contribution is 2.22. The summed E-state index contributed by atoms with van der Waals surface area (Å²) in [6.07, 6.45) is 0.274. The van der Waals surface area contributed by atoms with Gasteiger partial charge in [0, 0.05) is 19.4 Å². The summed E-state index contributed by atoms with van der Waals surface area (Å²) in [5, 5.41) is 72.5. The number of benzene rings is 2. The number of rotatable bonds is 22. The number of hydrogen-bond acceptors (Lipinski definition) is 14. The lowest BCUT2D eigenvalue weighted by atomic mass is 10.00. The Balaban J connectivity index is 1.78. The van der Waals surface area contributed by atoms with Crippen LogP contribution in [-0.2, 0) is 51.2 Å². The predicted molar refractivity (Wildman–Crippen MR) is 213 cm³/mol. The molecule has 1 heterocycles. The SMILES string of the molecule is CC(C)[C@H](NC(=O)[C@H](CO)NC(=O)[C@H](CO)NC(=O)[C@H](CO)NC(=O)CN)C(=O)N[C@@H](Cc1ccc(O)cc1)C(=O)N1CCC[C@H]1C(=O)N[C@@H](Cc1ccc(O)cc1)C(=O)O. The Morgan fingerprint density at radius 1 is 0.639 bits per heavy atom. The van der Waals surface area contributed by atoms with Crippen LogP contribution in [-0.4, -0.2) is 158 Å². The zero-order valence-corrected chi connectivity index (χ0v) is 33.6. The molecule has 1 aliphatic rings. The molecule has 61 heavy (non-hydrogen) atoms. The number of hydrogen-bond donors (Lipinski definition) is 13. The summed E-state index contributed by atoms with van der Waals surface area (Å²) in [4.78, 5) is 106. The van der Waals surface area contributed by atoms with Gasteiger partial charge in [-0.05, 0) is 54.2 Å². The Labute approximate surface area is 350 Å². The third-order valence-electron chi connectivity index (χ3n) is 9.72.